The van der Waals surface area contributed by atoms with Gasteiger partial charge >= 0.3 is 6.18 Å². The van der Waals surface area contributed by atoms with E-state index in [1.54, 1.807) is 108 Å². The maximum atomic E-state index is 15.7. The summed E-state index contributed by atoms with van der Waals surface area (Å²) in [6, 6.07) is 55.6. The Morgan fingerprint density at radius 3 is 1.24 bits per heavy atom. The monoisotopic (exact) mass is 1110 g/mol. The van der Waals surface area contributed by atoms with E-state index < -0.39 is 17.3 Å². The van der Waals surface area contributed by atoms with Crippen LogP contribution in [0.1, 0.15) is 27.8 Å². The van der Waals surface area contributed by atoms with Gasteiger partial charge in [0.1, 0.15) is 0 Å². The molecule has 0 bridgehead atoms. The van der Waals surface area contributed by atoms with Crippen LogP contribution in [0, 0.1) is 84.8 Å². The summed E-state index contributed by atoms with van der Waals surface area (Å²) in [5, 5.41) is 43.0. The van der Waals surface area contributed by atoms with Crippen LogP contribution in [0.15, 0.2) is 176 Å². The van der Waals surface area contributed by atoms with Crippen molar-refractivity contribution in [3.8, 4) is 91.3 Å². The molecule has 394 valence electrons. The van der Waals surface area contributed by atoms with E-state index >= 15 is 13.2 Å². The minimum Gasteiger partial charge on any atom is -0.319 e. The van der Waals surface area contributed by atoms with Crippen LogP contribution in [0.2, 0.25) is 0 Å². The van der Waals surface area contributed by atoms with Gasteiger partial charge in [-0.05, 0) is 129 Å². The topological polar surface area (TPSA) is 131 Å². The maximum absolute atomic E-state index is 15.7. The number of hydrogen-bond acceptors (Lipinski definition) is 4. The smallest absolute Gasteiger partial charge is 0.319 e. The van der Waals surface area contributed by atoms with Gasteiger partial charge in [0.2, 0.25) is 5.69 Å². The molecule has 12 aromatic rings. The van der Waals surface area contributed by atoms with Crippen LogP contribution < -0.4 is 0 Å². The van der Waals surface area contributed by atoms with Gasteiger partial charge < -0.3 is 9.13 Å². The first-order valence-corrected chi connectivity index (χ1v) is 25.8. The Balaban J connectivity index is 1.23. The first-order valence-electron chi connectivity index (χ1n) is 25.8. The van der Waals surface area contributed by atoms with Crippen molar-refractivity contribution >= 4 is 77.7 Å². The van der Waals surface area contributed by atoms with Gasteiger partial charge in [-0.25, -0.2) is 29.1 Å². The van der Waals surface area contributed by atoms with E-state index in [-0.39, 0.29) is 73.3 Å². The summed E-state index contributed by atoms with van der Waals surface area (Å²) in [6.07, 6.45) is -5.00. The highest BCUT2D eigenvalue weighted by Gasteiger charge is 2.37. The largest absolute Gasteiger partial charge is 0.415 e. The zero-order valence-electron chi connectivity index (χ0n) is 44.2. The molecule has 10 aromatic carbocycles. The van der Waals surface area contributed by atoms with E-state index in [2.05, 4.69) is 53.3 Å². The molecule has 2 aromatic heterocycles. The Bertz CT molecular complexity index is 5230. The summed E-state index contributed by atoms with van der Waals surface area (Å²) in [5.41, 5.74) is 6.06. The van der Waals surface area contributed by atoms with Crippen LogP contribution in [0.3, 0.4) is 0 Å². The molecule has 0 aliphatic rings. The van der Waals surface area contributed by atoms with Gasteiger partial charge in [-0.1, -0.05) is 97.1 Å². The molecule has 15 heteroatoms. The lowest BCUT2D eigenvalue weighted by atomic mass is 9.94. The normalized spacial score (nSPS) is 10.8. The Labute approximate surface area is 488 Å². The minimum absolute atomic E-state index is 0.0278. The molecule has 2 heterocycles. The fourth-order valence-corrected chi connectivity index (χ4v) is 11.4. The van der Waals surface area contributed by atoms with E-state index in [4.69, 9.17) is 32.9 Å². The van der Waals surface area contributed by atoms with E-state index in [1.807, 2.05) is 28.8 Å². The highest BCUT2D eigenvalue weighted by Crippen LogP contribution is 2.52. The summed E-state index contributed by atoms with van der Waals surface area (Å²) in [5.74, 6) is 0. The SMILES string of the molecule is [C-]#[N+]c1ccc(-c2ccc3c(c2)c2cc(-c4ccc(C#N)cc4C#N)ccc2n3-c2ccc(-c3c([N+]#[C-])cccc3C(F)(F)F)c(-n3c4ccc(-c5ccc([N+]#[C-])cc5C#N)cc4c4cc(-c5ccc([N+]#[C-])cc5[N+]#[C-])ccc43)c2[N+]#[C-])c(C#N)c1. The summed E-state index contributed by atoms with van der Waals surface area (Å²) in [4.78, 5) is 22.2. The van der Waals surface area contributed by atoms with Crippen molar-refractivity contribution in [1.29, 1.82) is 21.0 Å². The molecule has 0 radical (unpaired) electrons. The summed E-state index contributed by atoms with van der Waals surface area (Å²) >= 11 is 0. The first-order chi connectivity index (χ1) is 41.8. The molecule has 0 fully saturated rings. The zero-order chi connectivity index (χ0) is 60.1. The molecule has 86 heavy (non-hydrogen) atoms. The van der Waals surface area contributed by atoms with Crippen LogP contribution in [0.25, 0.3) is 140 Å². The van der Waals surface area contributed by atoms with Crippen LogP contribution in [0.4, 0.5) is 47.3 Å². The number of alkyl halides is 3. The molecule has 0 aliphatic heterocycles. The van der Waals surface area contributed by atoms with Crippen LogP contribution in [0.5, 0.6) is 0 Å². The molecule has 0 amide bonds. The molecule has 12 rings (SSSR count). The molecule has 0 spiro atoms. The number of nitrogens with zero attached hydrogens (tertiary/aromatic N) is 12. The average molecular weight is 1110 g/mol. The number of benzene rings is 10. The highest BCUT2D eigenvalue weighted by molar-refractivity contribution is 6.15. The number of nitriles is 4. The second-order valence-electron chi connectivity index (χ2n) is 19.7. The van der Waals surface area contributed by atoms with E-state index in [0.29, 0.717) is 88.1 Å². The van der Waals surface area contributed by atoms with Gasteiger partial charge in [-0.3, -0.25) is 0 Å². The second kappa shape index (κ2) is 20.9. The fraction of sp³-hybridized carbons (Fsp3) is 0.0141. The molecule has 0 saturated carbocycles. The summed E-state index contributed by atoms with van der Waals surface area (Å²) < 4.78 is 50.5. The Morgan fingerprint density at radius 1 is 0.372 bits per heavy atom. The number of hydrogen-bond donors (Lipinski definition) is 0. The summed E-state index contributed by atoms with van der Waals surface area (Å²) in [7, 11) is 0. The number of fused-ring (bicyclic) bond motifs is 6. The third-order valence-corrected chi connectivity index (χ3v) is 15.2. The van der Waals surface area contributed by atoms with Crippen molar-refractivity contribution in [3.05, 3.63) is 272 Å². The van der Waals surface area contributed by atoms with Gasteiger partial charge in [0, 0.05) is 38.2 Å². The standard InChI is InChI=1S/C71H29F3N12/c1-79-48-15-19-52(46(29-48)38-77)42-12-24-64-57(32-42)56-31-41(51-18-10-40(36-75)28-45(51)37-76)11-23-63(56)85(64)67-27-22-55(68-60(71(72,73)74)8-7-9-61(68)82-4)70(69(67)84-6)86-65-25-13-43(53-20-16-49(80-2)30-47(53)39-78)33-58(65)59-34-44(14-26-66(59)86)54-21-17-50(81-3)35-62(54)83-5/h7-35H. The third kappa shape index (κ3) is 8.55. The van der Waals surface area contributed by atoms with E-state index in [1.165, 1.54) is 36.4 Å². The lowest BCUT2D eigenvalue weighted by molar-refractivity contribution is -0.137. The molecule has 0 atom stereocenters. The van der Waals surface area contributed by atoms with Crippen LogP contribution in [-0.2, 0) is 6.18 Å². The number of aromatic nitrogens is 2. The van der Waals surface area contributed by atoms with Crippen molar-refractivity contribution in [2.45, 2.75) is 6.18 Å². The van der Waals surface area contributed by atoms with Crippen molar-refractivity contribution < 1.29 is 13.2 Å². The second-order valence-corrected chi connectivity index (χ2v) is 19.7. The third-order valence-electron chi connectivity index (χ3n) is 15.2. The van der Waals surface area contributed by atoms with Crippen molar-refractivity contribution in [1.82, 2.24) is 9.13 Å². The molecule has 12 nitrogen and oxygen atoms in total. The van der Waals surface area contributed by atoms with Gasteiger partial charge in [0.25, 0.3) is 0 Å². The lowest BCUT2D eigenvalue weighted by Crippen LogP contribution is -2.09. The Kier molecular flexibility index (Phi) is 12.9. The zero-order valence-corrected chi connectivity index (χ0v) is 44.2. The average Bonchev–Trinajstić information content (AvgIpc) is 1.69. The molecule has 0 unspecified atom stereocenters. The number of rotatable bonds is 7. The van der Waals surface area contributed by atoms with Gasteiger partial charge in [-0.2, -0.15) is 34.2 Å². The van der Waals surface area contributed by atoms with Gasteiger partial charge in [0.15, 0.2) is 28.4 Å². The van der Waals surface area contributed by atoms with Crippen LogP contribution in [-0.4, -0.2) is 9.13 Å². The number of halogens is 3. The van der Waals surface area contributed by atoms with Crippen molar-refractivity contribution in [2.24, 2.45) is 0 Å². The first kappa shape index (κ1) is 53.1. The Hall–Kier alpha value is -13.5. The predicted molar refractivity (Wildman–Crippen MR) is 324 cm³/mol. The van der Waals surface area contributed by atoms with Crippen LogP contribution >= 0.6 is 0 Å². The molecule has 0 saturated heterocycles. The molecule has 0 aliphatic carbocycles. The fourth-order valence-electron chi connectivity index (χ4n) is 11.4. The molecular weight excluding hydrogens is 1080 g/mol. The maximum Gasteiger partial charge on any atom is 0.415 e. The highest BCUT2D eigenvalue weighted by atomic mass is 19.4. The molecule has 0 N–H and O–H groups in total. The van der Waals surface area contributed by atoms with Crippen molar-refractivity contribution in [2.75, 3.05) is 0 Å². The minimum atomic E-state index is -5.00. The Morgan fingerprint density at radius 2 is 0.802 bits per heavy atom. The predicted octanol–water partition coefficient (Wildman–Crippen LogP) is 20.0. The lowest BCUT2D eigenvalue weighted by Gasteiger charge is -2.23. The molecular formula is C71H29F3N12. The quantitative estimate of drug-likeness (QED) is 0.147. The van der Waals surface area contributed by atoms with Gasteiger partial charge in [0.05, 0.1) is 114 Å². The van der Waals surface area contributed by atoms with E-state index in [0.717, 1.165) is 12.1 Å². The van der Waals surface area contributed by atoms with E-state index in [9.17, 15) is 27.6 Å². The summed E-state index contributed by atoms with van der Waals surface area (Å²) in [6.45, 7) is 48.5. The van der Waals surface area contributed by atoms with Gasteiger partial charge in [-0.15, -0.1) is 0 Å². The van der Waals surface area contributed by atoms with Crippen molar-refractivity contribution in [3.63, 3.8) is 0 Å².